The van der Waals surface area contributed by atoms with Crippen molar-refractivity contribution < 1.29 is 9.18 Å². The second-order valence-electron chi connectivity index (χ2n) is 3.00. The molecule has 0 atom stereocenters. The van der Waals surface area contributed by atoms with Crippen LogP contribution in [0.1, 0.15) is 0 Å². The van der Waals surface area contributed by atoms with Crippen LogP contribution in [0, 0.1) is 5.82 Å². The average Bonchev–Trinajstić information content (AvgIpc) is 2.76. The molecule has 1 heterocycles. The normalized spacial score (nSPS) is 10.1. The lowest BCUT2D eigenvalue weighted by Gasteiger charge is -2.08. The third kappa shape index (κ3) is 2.11. The quantitative estimate of drug-likeness (QED) is 0.875. The van der Waals surface area contributed by atoms with E-state index in [2.05, 4.69) is 26.2 Å². The van der Waals surface area contributed by atoms with Crippen LogP contribution >= 0.6 is 15.9 Å². The first-order valence-corrected chi connectivity index (χ1v) is 5.21. The van der Waals surface area contributed by atoms with Crippen LogP contribution in [0.3, 0.4) is 0 Å². The van der Waals surface area contributed by atoms with Gasteiger partial charge in [0.05, 0.1) is 5.69 Å². The first-order valence-electron chi connectivity index (χ1n) is 4.42. The van der Waals surface area contributed by atoms with Crippen LogP contribution in [0.5, 0.6) is 0 Å². The maximum atomic E-state index is 13.4. The van der Waals surface area contributed by atoms with Gasteiger partial charge in [-0.1, -0.05) is 6.07 Å². The number of para-hydroxylation sites is 1. The zero-order valence-corrected chi connectivity index (χ0v) is 9.61. The van der Waals surface area contributed by atoms with Crippen LogP contribution in [-0.2, 0) is 0 Å². The molecule has 0 fully saturated rings. The van der Waals surface area contributed by atoms with Crippen LogP contribution in [0.25, 0.3) is 0 Å². The van der Waals surface area contributed by atoms with Gasteiger partial charge in [-0.2, -0.15) is 0 Å². The molecule has 4 nitrogen and oxygen atoms in total. The van der Waals surface area contributed by atoms with E-state index < -0.39 is 11.8 Å². The van der Waals surface area contributed by atoms with Crippen LogP contribution in [0.4, 0.5) is 14.9 Å². The van der Waals surface area contributed by atoms with Crippen molar-refractivity contribution in [2.45, 2.75) is 0 Å². The number of hydrogen-bond acceptors (Lipinski definition) is 2. The summed E-state index contributed by atoms with van der Waals surface area (Å²) in [7, 11) is 0. The molecule has 0 unspecified atom stereocenters. The molecule has 2 rings (SSSR count). The molecular weight excluding hydrogens is 277 g/mol. The lowest BCUT2D eigenvalue weighted by molar-refractivity contribution is 0.253. The number of benzene rings is 1. The van der Waals surface area contributed by atoms with Crippen molar-refractivity contribution in [3.8, 4) is 0 Å². The Kier molecular flexibility index (Phi) is 3.00. The number of carbonyl (C=O) groups is 1. The van der Waals surface area contributed by atoms with E-state index in [0.717, 1.165) is 0 Å². The molecule has 1 N–H and O–H groups in total. The van der Waals surface area contributed by atoms with Crippen molar-refractivity contribution in [2.24, 2.45) is 0 Å². The third-order valence-corrected chi connectivity index (χ3v) is 2.59. The topological polar surface area (TPSA) is 46.9 Å². The summed E-state index contributed by atoms with van der Waals surface area (Å²) < 4.78 is 15.1. The molecule has 0 radical (unpaired) electrons. The number of nitrogens with one attached hydrogen (secondary N) is 1. The average molecular weight is 284 g/mol. The molecule has 6 heteroatoms. The molecule has 82 valence electrons. The maximum absolute atomic E-state index is 13.4. The Labute approximate surface area is 99.2 Å². The van der Waals surface area contributed by atoms with Crippen LogP contribution in [0.2, 0.25) is 0 Å². The predicted octanol–water partition coefficient (Wildman–Crippen LogP) is 2.86. The zero-order chi connectivity index (χ0) is 11.5. The van der Waals surface area contributed by atoms with Gasteiger partial charge in [0, 0.05) is 16.9 Å². The summed E-state index contributed by atoms with van der Waals surface area (Å²) in [4.78, 5) is 15.3. The minimum absolute atomic E-state index is 0.112. The molecule has 0 saturated heterocycles. The first-order chi connectivity index (χ1) is 7.68. The number of hydrogen-bond donors (Lipinski definition) is 1. The van der Waals surface area contributed by atoms with Crippen LogP contribution in [0.15, 0.2) is 41.4 Å². The van der Waals surface area contributed by atoms with Crippen molar-refractivity contribution in [1.82, 2.24) is 9.55 Å². The van der Waals surface area contributed by atoms with Gasteiger partial charge in [0.25, 0.3) is 0 Å². The van der Waals surface area contributed by atoms with Crippen molar-refractivity contribution in [2.75, 3.05) is 5.32 Å². The Morgan fingerprint density at radius 3 is 2.94 bits per heavy atom. The second-order valence-corrected chi connectivity index (χ2v) is 3.85. The lowest BCUT2D eigenvalue weighted by atomic mass is 10.3. The summed E-state index contributed by atoms with van der Waals surface area (Å²) in [5.41, 5.74) is 0.112. The van der Waals surface area contributed by atoms with Crippen LogP contribution in [-0.4, -0.2) is 15.6 Å². The highest BCUT2D eigenvalue weighted by Crippen LogP contribution is 2.25. The molecule has 0 spiro atoms. The Morgan fingerprint density at radius 1 is 1.50 bits per heavy atom. The molecule has 1 aromatic heterocycles. The standard InChI is InChI=1S/C10H7BrFN3O/c11-7-2-1-3-8(12)9(7)14-10(16)15-5-4-13-6-15/h1-6H,(H,14,16). The van der Waals surface area contributed by atoms with Crippen LogP contribution < -0.4 is 5.32 Å². The summed E-state index contributed by atoms with van der Waals surface area (Å²) >= 11 is 3.16. The van der Waals surface area contributed by atoms with E-state index in [0.29, 0.717) is 4.47 Å². The highest BCUT2D eigenvalue weighted by molar-refractivity contribution is 9.10. The molecule has 0 aliphatic rings. The van der Waals surface area contributed by atoms with Gasteiger partial charge in [-0.3, -0.25) is 4.57 Å². The van der Waals surface area contributed by atoms with E-state index in [1.165, 1.54) is 29.4 Å². The van der Waals surface area contributed by atoms with Gasteiger partial charge in [-0.25, -0.2) is 14.2 Å². The Bertz CT molecular complexity index is 493. The number of carbonyl (C=O) groups excluding carboxylic acids is 1. The molecule has 2 aromatic rings. The third-order valence-electron chi connectivity index (χ3n) is 1.93. The van der Waals surface area contributed by atoms with E-state index in [1.807, 2.05) is 0 Å². The fourth-order valence-electron chi connectivity index (χ4n) is 1.17. The number of rotatable bonds is 1. The monoisotopic (exact) mass is 283 g/mol. The summed E-state index contributed by atoms with van der Waals surface area (Å²) in [6.45, 7) is 0. The van der Waals surface area contributed by atoms with Crippen molar-refractivity contribution in [1.29, 1.82) is 0 Å². The fourth-order valence-corrected chi connectivity index (χ4v) is 1.61. The number of imidazole rings is 1. The minimum atomic E-state index is -0.497. The minimum Gasteiger partial charge on any atom is -0.304 e. The number of amides is 1. The Hall–Kier alpha value is -1.69. The van der Waals surface area contributed by atoms with Gasteiger partial charge in [0.2, 0.25) is 0 Å². The highest BCUT2D eigenvalue weighted by atomic mass is 79.9. The number of nitrogens with zero attached hydrogens (tertiary/aromatic N) is 2. The van der Waals surface area contributed by atoms with Crippen molar-refractivity contribution in [3.05, 3.63) is 47.2 Å². The van der Waals surface area contributed by atoms with Crippen molar-refractivity contribution >= 4 is 27.6 Å². The van der Waals surface area contributed by atoms with E-state index in [1.54, 1.807) is 12.1 Å². The number of anilines is 1. The highest BCUT2D eigenvalue weighted by Gasteiger charge is 2.10. The van der Waals surface area contributed by atoms with Crippen molar-refractivity contribution in [3.63, 3.8) is 0 Å². The molecule has 16 heavy (non-hydrogen) atoms. The second kappa shape index (κ2) is 4.44. The number of aromatic nitrogens is 2. The van der Waals surface area contributed by atoms with E-state index in [-0.39, 0.29) is 5.69 Å². The summed E-state index contributed by atoms with van der Waals surface area (Å²) in [6.07, 6.45) is 4.28. The largest absolute Gasteiger partial charge is 0.331 e. The molecular formula is C10H7BrFN3O. The Morgan fingerprint density at radius 2 is 2.31 bits per heavy atom. The maximum Gasteiger partial charge on any atom is 0.331 e. The smallest absolute Gasteiger partial charge is 0.304 e. The lowest BCUT2D eigenvalue weighted by Crippen LogP contribution is -2.18. The number of halogens is 2. The van der Waals surface area contributed by atoms with Gasteiger partial charge < -0.3 is 5.32 Å². The van der Waals surface area contributed by atoms with Gasteiger partial charge in [0.1, 0.15) is 12.1 Å². The van der Waals surface area contributed by atoms with Gasteiger partial charge >= 0.3 is 6.03 Å². The summed E-state index contributed by atoms with van der Waals surface area (Å²) in [5, 5.41) is 2.44. The molecule has 0 bridgehead atoms. The Balaban J connectivity index is 2.25. The first kappa shape index (κ1) is 10.8. The van der Waals surface area contributed by atoms with Gasteiger partial charge in [0.15, 0.2) is 0 Å². The fraction of sp³-hybridized carbons (Fsp3) is 0. The van der Waals surface area contributed by atoms with E-state index in [4.69, 9.17) is 0 Å². The van der Waals surface area contributed by atoms with E-state index in [9.17, 15) is 9.18 Å². The summed E-state index contributed by atoms with van der Waals surface area (Å²) in [5.74, 6) is -0.497. The summed E-state index contributed by atoms with van der Waals surface area (Å²) in [6, 6.07) is 4.00. The molecule has 1 amide bonds. The SMILES string of the molecule is O=C(Nc1c(F)cccc1Br)n1ccnc1. The molecule has 1 aromatic carbocycles. The molecule has 0 aliphatic heterocycles. The molecule has 0 aliphatic carbocycles. The predicted molar refractivity (Wildman–Crippen MR) is 60.7 cm³/mol. The molecule has 0 saturated carbocycles. The van der Waals surface area contributed by atoms with E-state index >= 15 is 0 Å². The zero-order valence-electron chi connectivity index (χ0n) is 8.02. The van der Waals surface area contributed by atoms with Gasteiger partial charge in [-0.15, -0.1) is 0 Å². The van der Waals surface area contributed by atoms with Gasteiger partial charge in [-0.05, 0) is 28.1 Å².